The molecule has 0 fully saturated rings. The SMILES string of the molecule is CC(C)N(N)/C=C(\N)C(C)(C)C. The molecule has 0 unspecified atom stereocenters. The maximum Gasteiger partial charge on any atom is 0.0390 e. The fourth-order valence-corrected chi connectivity index (χ4v) is 0.503. The normalized spacial score (nSPS) is 13.8. The molecule has 0 aliphatic heterocycles. The van der Waals surface area contributed by atoms with Gasteiger partial charge in [-0.15, -0.1) is 0 Å². The standard InChI is InChI=1S/C9H21N3/c1-7(2)12(11)6-8(10)9(3,4)5/h6-7H,10-11H2,1-5H3/b8-6-. The molecule has 0 spiro atoms. The van der Waals surface area contributed by atoms with Gasteiger partial charge in [0.2, 0.25) is 0 Å². The predicted octanol–water partition coefficient (Wildman–Crippen LogP) is 1.42. The van der Waals surface area contributed by atoms with Crippen LogP contribution in [0.1, 0.15) is 34.6 Å². The molecule has 0 saturated heterocycles. The Morgan fingerprint density at radius 1 is 1.33 bits per heavy atom. The van der Waals surface area contributed by atoms with E-state index in [0.29, 0.717) is 0 Å². The van der Waals surface area contributed by atoms with Crippen molar-refractivity contribution in [3.8, 4) is 0 Å². The summed E-state index contributed by atoms with van der Waals surface area (Å²) < 4.78 is 0. The van der Waals surface area contributed by atoms with Gasteiger partial charge in [0.15, 0.2) is 0 Å². The molecule has 0 heterocycles. The molecule has 72 valence electrons. The van der Waals surface area contributed by atoms with Gasteiger partial charge in [0.25, 0.3) is 0 Å². The largest absolute Gasteiger partial charge is 0.400 e. The highest BCUT2D eigenvalue weighted by atomic mass is 15.4. The molecule has 3 nitrogen and oxygen atoms in total. The molecule has 0 aromatic carbocycles. The maximum absolute atomic E-state index is 5.83. The van der Waals surface area contributed by atoms with Crippen molar-refractivity contribution in [3.63, 3.8) is 0 Å². The number of hydrogen-bond donors (Lipinski definition) is 2. The van der Waals surface area contributed by atoms with Crippen LogP contribution >= 0.6 is 0 Å². The van der Waals surface area contributed by atoms with Crippen molar-refractivity contribution in [1.82, 2.24) is 5.01 Å². The lowest BCUT2D eigenvalue weighted by molar-refractivity contribution is 0.312. The molecule has 12 heavy (non-hydrogen) atoms. The number of allylic oxidation sites excluding steroid dienone is 1. The molecule has 3 heteroatoms. The Kier molecular flexibility index (Phi) is 3.58. The van der Waals surface area contributed by atoms with Gasteiger partial charge in [0.05, 0.1) is 0 Å². The molecule has 0 bridgehead atoms. The van der Waals surface area contributed by atoms with Crippen LogP contribution in [-0.2, 0) is 0 Å². The Labute approximate surface area is 75.4 Å². The fraction of sp³-hybridized carbons (Fsp3) is 0.778. The first-order valence-corrected chi connectivity index (χ1v) is 4.26. The first kappa shape index (κ1) is 11.3. The molecule has 0 rings (SSSR count). The summed E-state index contributed by atoms with van der Waals surface area (Å²) in [5, 5.41) is 1.63. The zero-order valence-electron chi connectivity index (χ0n) is 8.76. The number of hydrazine groups is 1. The van der Waals surface area contributed by atoms with Crippen LogP contribution in [0.5, 0.6) is 0 Å². The summed E-state index contributed by atoms with van der Waals surface area (Å²) >= 11 is 0. The first-order valence-electron chi connectivity index (χ1n) is 4.26. The Morgan fingerprint density at radius 3 is 2.00 bits per heavy atom. The van der Waals surface area contributed by atoms with Crippen LogP contribution in [0.25, 0.3) is 0 Å². The van der Waals surface area contributed by atoms with Gasteiger partial charge in [-0.05, 0) is 13.8 Å². The van der Waals surface area contributed by atoms with Gasteiger partial charge in [-0.3, -0.25) is 0 Å². The van der Waals surface area contributed by atoms with E-state index in [1.54, 1.807) is 11.2 Å². The van der Waals surface area contributed by atoms with Crippen LogP contribution in [-0.4, -0.2) is 11.1 Å². The van der Waals surface area contributed by atoms with E-state index in [0.717, 1.165) is 5.70 Å². The molecular weight excluding hydrogens is 150 g/mol. The van der Waals surface area contributed by atoms with E-state index in [1.807, 2.05) is 13.8 Å². The van der Waals surface area contributed by atoms with Crippen LogP contribution in [0.2, 0.25) is 0 Å². The minimum Gasteiger partial charge on any atom is -0.400 e. The lowest BCUT2D eigenvalue weighted by atomic mass is 9.93. The third-order valence-corrected chi connectivity index (χ3v) is 1.75. The molecule has 0 amide bonds. The van der Waals surface area contributed by atoms with Gasteiger partial charge in [0, 0.05) is 23.4 Å². The second-order valence-corrected chi connectivity index (χ2v) is 4.38. The third-order valence-electron chi connectivity index (χ3n) is 1.75. The van der Waals surface area contributed by atoms with Crippen molar-refractivity contribution in [2.24, 2.45) is 17.0 Å². The summed E-state index contributed by atoms with van der Waals surface area (Å²) in [6.07, 6.45) is 1.80. The topological polar surface area (TPSA) is 55.3 Å². The maximum atomic E-state index is 5.83. The molecule has 0 saturated carbocycles. The highest BCUT2D eigenvalue weighted by molar-refractivity contribution is 5.05. The molecule has 0 aliphatic carbocycles. The Morgan fingerprint density at radius 2 is 1.75 bits per heavy atom. The van der Waals surface area contributed by atoms with Crippen LogP contribution in [0.15, 0.2) is 11.9 Å². The lowest BCUT2D eigenvalue weighted by Gasteiger charge is -2.24. The zero-order valence-corrected chi connectivity index (χ0v) is 8.76. The van der Waals surface area contributed by atoms with Crippen LogP contribution in [0, 0.1) is 5.41 Å². The van der Waals surface area contributed by atoms with Crippen molar-refractivity contribution in [2.75, 3.05) is 0 Å². The summed E-state index contributed by atoms with van der Waals surface area (Å²) in [4.78, 5) is 0. The minimum atomic E-state index is -0.00743. The van der Waals surface area contributed by atoms with E-state index in [4.69, 9.17) is 11.6 Å². The number of nitrogens with two attached hydrogens (primary N) is 2. The molecule has 0 radical (unpaired) electrons. The van der Waals surface area contributed by atoms with Crippen LogP contribution in [0.3, 0.4) is 0 Å². The first-order chi connectivity index (χ1) is 5.25. The number of nitrogens with zero attached hydrogens (tertiary/aromatic N) is 1. The average Bonchev–Trinajstić information content (AvgIpc) is 1.85. The summed E-state index contributed by atoms with van der Waals surface area (Å²) in [6.45, 7) is 10.2. The number of rotatable bonds is 2. The molecular formula is C9H21N3. The van der Waals surface area contributed by atoms with Gasteiger partial charge in [0.1, 0.15) is 0 Å². The summed E-state index contributed by atoms with van der Waals surface area (Å²) in [6, 6.07) is 0.283. The smallest absolute Gasteiger partial charge is 0.0390 e. The second-order valence-electron chi connectivity index (χ2n) is 4.38. The molecule has 0 atom stereocenters. The van der Waals surface area contributed by atoms with Crippen molar-refractivity contribution in [3.05, 3.63) is 11.9 Å². The third kappa shape index (κ3) is 3.62. The van der Waals surface area contributed by atoms with Gasteiger partial charge < -0.3 is 10.7 Å². The predicted molar refractivity (Wildman–Crippen MR) is 52.9 cm³/mol. The Bertz CT molecular complexity index is 165. The van der Waals surface area contributed by atoms with Crippen LogP contribution in [0.4, 0.5) is 0 Å². The van der Waals surface area contributed by atoms with Gasteiger partial charge in [-0.1, -0.05) is 20.8 Å². The molecule has 4 N–H and O–H groups in total. The second kappa shape index (κ2) is 3.81. The van der Waals surface area contributed by atoms with E-state index >= 15 is 0 Å². The molecule has 0 aromatic rings. The van der Waals surface area contributed by atoms with Crippen molar-refractivity contribution >= 4 is 0 Å². The summed E-state index contributed by atoms with van der Waals surface area (Å²) in [7, 11) is 0. The zero-order chi connectivity index (χ0) is 9.94. The lowest BCUT2D eigenvalue weighted by Crippen LogP contribution is -2.34. The quantitative estimate of drug-likeness (QED) is 0.488. The highest BCUT2D eigenvalue weighted by Gasteiger charge is 2.14. The Balaban J connectivity index is 4.36. The molecule has 0 aliphatic rings. The summed E-state index contributed by atoms with van der Waals surface area (Å²) in [5.41, 5.74) is 6.63. The summed E-state index contributed by atoms with van der Waals surface area (Å²) in [5.74, 6) is 5.69. The van der Waals surface area contributed by atoms with Crippen molar-refractivity contribution < 1.29 is 0 Å². The highest BCUT2D eigenvalue weighted by Crippen LogP contribution is 2.20. The van der Waals surface area contributed by atoms with Crippen molar-refractivity contribution in [2.45, 2.75) is 40.7 Å². The van der Waals surface area contributed by atoms with Gasteiger partial charge >= 0.3 is 0 Å². The van der Waals surface area contributed by atoms with E-state index in [-0.39, 0.29) is 11.5 Å². The average molecular weight is 171 g/mol. The number of hydrogen-bond acceptors (Lipinski definition) is 3. The van der Waals surface area contributed by atoms with E-state index in [9.17, 15) is 0 Å². The Hall–Kier alpha value is -0.700. The monoisotopic (exact) mass is 171 g/mol. The van der Waals surface area contributed by atoms with Crippen LogP contribution < -0.4 is 11.6 Å². The van der Waals surface area contributed by atoms with E-state index < -0.39 is 0 Å². The van der Waals surface area contributed by atoms with Gasteiger partial charge in [-0.2, -0.15) is 0 Å². The fourth-order valence-electron chi connectivity index (χ4n) is 0.503. The van der Waals surface area contributed by atoms with Gasteiger partial charge in [-0.25, -0.2) is 5.84 Å². The van der Waals surface area contributed by atoms with Crippen molar-refractivity contribution in [1.29, 1.82) is 0 Å². The minimum absolute atomic E-state index is 0.00743. The molecule has 0 aromatic heterocycles. The van der Waals surface area contributed by atoms with E-state index in [2.05, 4.69) is 20.8 Å². The van der Waals surface area contributed by atoms with E-state index in [1.165, 1.54) is 0 Å².